The van der Waals surface area contributed by atoms with Crippen molar-refractivity contribution in [2.75, 3.05) is 13.7 Å². The first-order valence-corrected chi connectivity index (χ1v) is 14.5. The average Bonchev–Trinajstić information content (AvgIpc) is 2.71. The van der Waals surface area contributed by atoms with Gasteiger partial charge in [-0.2, -0.15) is 0 Å². The van der Waals surface area contributed by atoms with Crippen LogP contribution in [0.1, 0.15) is 86.6 Å². The van der Waals surface area contributed by atoms with E-state index in [1.807, 2.05) is 0 Å². The molecular weight excluding hydrogens is 392 g/mol. The zero-order chi connectivity index (χ0) is 23.4. The molecule has 0 bridgehead atoms. The van der Waals surface area contributed by atoms with Gasteiger partial charge in [-0.3, -0.25) is 0 Å². The molecule has 0 amide bonds. The van der Waals surface area contributed by atoms with Crippen molar-refractivity contribution in [1.29, 1.82) is 0 Å². The summed E-state index contributed by atoms with van der Waals surface area (Å²) in [7, 11) is 0.0319. The monoisotopic (exact) mass is 438 g/mol. The van der Waals surface area contributed by atoms with E-state index in [4.69, 9.17) is 4.74 Å². The van der Waals surface area contributed by atoms with Crippen LogP contribution < -0.4 is 0 Å². The predicted molar refractivity (Wildman–Crippen MR) is 142 cm³/mol. The molecule has 1 aromatic carbocycles. The first-order chi connectivity index (χ1) is 14.7. The smallest absolute Gasteiger partial charge is 0.146 e. The minimum Gasteiger partial charge on any atom is -0.380 e. The maximum atomic E-state index is 5.65. The van der Waals surface area contributed by atoms with Crippen molar-refractivity contribution in [3.63, 3.8) is 0 Å². The Morgan fingerprint density at radius 2 is 1.45 bits per heavy atom. The summed E-state index contributed by atoms with van der Waals surface area (Å²) in [5.74, 6) is 3.81. The van der Waals surface area contributed by atoms with Crippen molar-refractivity contribution in [1.82, 2.24) is 0 Å². The highest BCUT2D eigenvalue weighted by molar-refractivity contribution is 6.90. The lowest BCUT2D eigenvalue weighted by molar-refractivity contribution is 0.227. The second kappa shape index (κ2) is 13.8. The van der Waals surface area contributed by atoms with Gasteiger partial charge >= 0.3 is 0 Å². The molecule has 0 heterocycles. The maximum Gasteiger partial charge on any atom is 0.146 e. The Morgan fingerprint density at radius 1 is 0.903 bits per heavy atom. The molecule has 31 heavy (non-hydrogen) atoms. The third-order valence-electron chi connectivity index (χ3n) is 6.49. The largest absolute Gasteiger partial charge is 0.380 e. The molecule has 0 fully saturated rings. The summed E-state index contributed by atoms with van der Waals surface area (Å²) in [5, 5.41) is 0. The van der Waals surface area contributed by atoms with Crippen molar-refractivity contribution in [3.05, 3.63) is 52.6 Å². The van der Waals surface area contributed by atoms with Crippen LogP contribution in [0.15, 0.2) is 47.1 Å². The molecule has 0 radical (unpaired) electrons. The highest BCUT2D eigenvalue weighted by Gasteiger charge is 2.41. The van der Waals surface area contributed by atoms with Crippen molar-refractivity contribution in [2.24, 2.45) is 0 Å². The van der Waals surface area contributed by atoms with E-state index < -0.39 is 8.07 Å². The molecule has 0 atom stereocenters. The Hall–Kier alpha value is -1.56. The maximum absolute atomic E-state index is 5.65. The number of hydrogen-bond donors (Lipinski definition) is 0. The van der Waals surface area contributed by atoms with Crippen LogP contribution in [-0.4, -0.2) is 21.8 Å². The van der Waals surface area contributed by atoms with Gasteiger partial charge in [-0.15, -0.1) is 5.54 Å². The van der Waals surface area contributed by atoms with E-state index in [1.54, 1.807) is 7.11 Å². The van der Waals surface area contributed by atoms with Crippen LogP contribution in [0.5, 0.6) is 0 Å². The van der Waals surface area contributed by atoms with Crippen LogP contribution in [0, 0.1) is 11.5 Å². The van der Waals surface area contributed by atoms with Gasteiger partial charge in [0.15, 0.2) is 0 Å². The summed E-state index contributed by atoms with van der Waals surface area (Å²) in [6.07, 6.45) is 6.61. The molecule has 0 aliphatic heterocycles. The standard InChI is InChI=1S/C29H46OSi/c1-10-15-27(19-20-31(23(3)4,24(5)6)25(7)8)29(16-11-2)28(22-30-9)21-26-17-13-12-14-18-26/h12-14,17-18,21,23-25H,10-11,15-16,22H2,1-9H3/b28-21+,29-27-. The lowest BCUT2D eigenvalue weighted by Crippen LogP contribution is -2.43. The fraction of sp³-hybridized carbons (Fsp3) is 0.586. The Bertz CT molecular complexity index is 750. The third kappa shape index (κ3) is 7.51. The zero-order valence-electron chi connectivity index (χ0n) is 21.6. The molecule has 0 unspecified atom stereocenters. The number of ether oxygens (including phenoxy) is 1. The highest BCUT2D eigenvalue weighted by atomic mass is 28.3. The summed E-state index contributed by atoms with van der Waals surface area (Å²) < 4.78 is 5.65. The first-order valence-electron chi connectivity index (χ1n) is 12.2. The number of benzene rings is 1. The normalized spacial score (nSPS) is 13.5. The minimum absolute atomic E-state index is 0.625. The van der Waals surface area contributed by atoms with Crippen molar-refractivity contribution >= 4 is 14.1 Å². The summed E-state index contributed by atoms with van der Waals surface area (Å²) in [6.45, 7) is 19.5. The Morgan fingerprint density at radius 3 is 1.90 bits per heavy atom. The van der Waals surface area contributed by atoms with Crippen LogP contribution >= 0.6 is 0 Å². The summed E-state index contributed by atoms with van der Waals surface area (Å²) in [6, 6.07) is 10.6. The Labute approximate surface area is 194 Å². The van der Waals surface area contributed by atoms with E-state index in [0.29, 0.717) is 23.2 Å². The van der Waals surface area contributed by atoms with Crippen LogP contribution in [0.3, 0.4) is 0 Å². The van der Waals surface area contributed by atoms with Gasteiger partial charge in [0.2, 0.25) is 0 Å². The molecule has 0 aromatic heterocycles. The molecule has 2 heteroatoms. The van der Waals surface area contributed by atoms with Gasteiger partial charge in [0, 0.05) is 12.7 Å². The lowest BCUT2D eigenvalue weighted by atomic mass is 9.92. The van der Waals surface area contributed by atoms with Crippen molar-refractivity contribution < 1.29 is 4.74 Å². The molecule has 1 nitrogen and oxygen atoms in total. The molecule has 1 rings (SSSR count). The fourth-order valence-corrected chi connectivity index (χ4v) is 10.3. The quantitative estimate of drug-likeness (QED) is 0.190. The second-order valence-corrected chi connectivity index (χ2v) is 15.2. The fourth-order valence-electron chi connectivity index (χ4n) is 5.03. The molecule has 0 N–H and O–H groups in total. The Balaban J connectivity index is 3.71. The molecule has 172 valence electrons. The molecule has 1 aromatic rings. The summed E-state index contributed by atoms with van der Waals surface area (Å²) >= 11 is 0. The van der Waals surface area contributed by atoms with Crippen LogP contribution in [-0.2, 0) is 4.74 Å². The van der Waals surface area contributed by atoms with E-state index >= 15 is 0 Å². The number of rotatable bonds is 11. The van der Waals surface area contributed by atoms with Crippen molar-refractivity contribution in [2.45, 2.75) is 97.7 Å². The van der Waals surface area contributed by atoms with Gasteiger partial charge in [-0.25, -0.2) is 0 Å². The molecule has 0 aliphatic carbocycles. The number of allylic oxidation sites excluding steroid dienone is 1. The first kappa shape index (κ1) is 27.5. The average molecular weight is 439 g/mol. The molecular formula is C29H46OSi. The summed E-state index contributed by atoms with van der Waals surface area (Å²) in [4.78, 5) is 0. The summed E-state index contributed by atoms with van der Waals surface area (Å²) in [5.41, 5.74) is 11.2. The molecule has 0 saturated heterocycles. The molecule has 0 saturated carbocycles. The minimum atomic E-state index is -1.76. The molecule has 0 spiro atoms. The lowest BCUT2D eigenvalue weighted by Gasteiger charge is -2.38. The van der Waals surface area contributed by atoms with E-state index in [1.165, 1.54) is 22.3 Å². The number of methoxy groups -OCH3 is 1. The third-order valence-corrected chi connectivity index (χ3v) is 12.8. The predicted octanol–water partition coefficient (Wildman–Crippen LogP) is 8.83. The van der Waals surface area contributed by atoms with E-state index in [9.17, 15) is 0 Å². The van der Waals surface area contributed by atoms with Crippen LogP contribution in [0.2, 0.25) is 16.6 Å². The molecule has 0 aliphatic rings. The van der Waals surface area contributed by atoms with Gasteiger partial charge in [0.05, 0.1) is 6.61 Å². The van der Waals surface area contributed by atoms with Gasteiger partial charge in [0.1, 0.15) is 8.07 Å². The van der Waals surface area contributed by atoms with Crippen molar-refractivity contribution in [3.8, 4) is 11.5 Å². The van der Waals surface area contributed by atoms with E-state index in [2.05, 4.69) is 103 Å². The Kier molecular flexibility index (Phi) is 12.2. The van der Waals surface area contributed by atoms with Gasteiger partial charge < -0.3 is 4.74 Å². The highest BCUT2D eigenvalue weighted by Crippen LogP contribution is 2.41. The zero-order valence-corrected chi connectivity index (χ0v) is 22.6. The van der Waals surface area contributed by atoms with Gasteiger partial charge in [0.25, 0.3) is 0 Å². The van der Waals surface area contributed by atoms with Crippen LogP contribution in [0.4, 0.5) is 0 Å². The second-order valence-electron chi connectivity index (χ2n) is 9.62. The SMILES string of the molecule is CCC/C(C#C[Si](C(C)C)(C(C)C)C(C)C)=C(CCC)/C(=C/c1ccccc1)COC. The van der Waals surface area contributed by atoms with E-state index in [0.717, 1.165) is 25.7 Å². The topological polar surface area (TPSA) is 9.23 Å². The van der Waals surface area contributed by atoms with E-state index in [-0.39, 0.29) is 0 Å². The van der Waals surface area contributed by atoms with Crippen LogP contribution in [0.25, 0.3) is 6.08 Å². The van der Waals surface area contributed by atoms with Gasteiger partial charge in [-0.05, 0) is 52.3 Å². The number of hydrogen-bond acceptors (Lipinski definition) is 1. The van der Waals surface area contributed by atoms with Gasteiger partial charge in [-0.1, -0.05) is 104 Å².